The quantitative estimate of drug-likeness (QED) is 0.717. The van der Waals surface area contributed by atoms with E-state index in [1.165, 1.54) is 0 Å². The third-order valence-corrected chi connectivity index (χ3v) is 4.19. The molecule has 3 N–H and O–H groups in total. The summed E-state index contributed by atoms with van der Waals surface area (Å²) in [5, 5.41) is 3.14. The van der Waals surface area contributed by atoms with Crippen LogP contribution >= 0.6 is 12.4 Å². The first-order chi connectivity index (χ1) is 12.0. The molecular formula is C21H29ClN2O2. The number of ether oxygens (including phenoxy) is 1. The lowest BCUT2D eigenvalue weighted by Crippen LogP contribution is -2.32. The fraction of sp³-hybridized carbons (Fsp3) is 0.381. The van der Waals surface area contributed by atoms with Crippen molar-refractivity contribution in [1.82, 2.24) is 5.32 Å². The number of benzene rings is 2. The lowest BCUT2D eigenvalue weighted by Gasteiger charge is -2.24. The van der Waals surface area contributed by atoms with Gasteiger partial charge in [0.1, 0.15) is 5.75 Å². The molecule has 0 fully saturated rings. The van der Waals surface area contributed by atoms with E-state index in [1.807, 2.05) is 54.6 Å². The minimum atomic E-state index is -0.307. The first-order valence-electron chi connectivity index (χ1n) is 8.74. The van der Waals surface area contributed by atoms with E-state index in [-0.39, 0.29) is 36.8 Å². The van der Waals surface area contributed by atoms with E-state index >= 15 is 0 Å². The van der Waals surface area contributed by atoms with Crippen LogP contribution in [0.3, 0.4) is 0 Å². The molecule has 0 heterocycles. The van der Waals surface area contributed by atoms with Gasteiger partial charge in [-0.2, -0.15) is 0 Å². The number of nitrogens with one attached hydrogen (secondary N) is 1. The highest BCUT2D eigenvalue weighted by atomic mass is 35.5. The summed E-state index contributed by atoms with van der Waals surface area (Å²) in [5.74, 6) is 1.19. The van der Waals surface area contributed by atoms with E-state index in [2.05, 4.69) is 19.2 Å². The second kappa shape index (κ2) is 10.8. The minimum Gasteiger partial charge on any atom is -0.496 e. The van der Waals surface area contributed by atoms with Gasteiger partial charge >= 0.3 is 0 Å². The Morgan fingerprint density at radius 1 is 1.08 bits per heavy atom. The number of halogens is 1. The first kappa shape index (κ1) is 22.0. The Bertz CT molecular complexity index is 677. The van der Waals surface area contributed by atoms with Crippen LogP contribution in [0.4, 0.5) is 0 Å². The van der Waals surface area contributed by atoms with Gasteiger partial charge in [-0.15, -0.1) is 12.4 Å². The smallest absolute Gasteiger partial charge is 0.222 e. The third-order valence-electron chi connectivity index (χ3n) is 4.19. The van der Waals surface area contributed by atoms with Crippen LogP contribution in [-0.4, -0.2) is 13.0 Å². The van der Waals surface area contributed by atoms with E-state index in [9.17, 15) is 4.79 Å². The van der Waals surface area contributed by atoms with Gasteiger partial charge in [0.25, 0.3) is 0 Å². The molecule has 2 atom stereocenters. The molecule has 0 spiro atoms. The molecule has 0 aliphatic rings. The van der Waals surface area contributed by atoms with Gasteiger partial charge in [-0.05, 0) is 24.0 Å². The summed E-state index contributed by atoms with van der Waals surface area (Å²) in [6, 6.07) is 17.1. The summed E-state index contributed by atoms with van der Waals surface area (Å²) in [6.07, 6.45) is 1.10. The number of para-hydroxylation sites is 1. The van der Waals surface area contributed by atoms with Crippen LogP contribution in [0.5, 0.6) is 5.75 Å². The normalized spacial score (nSPS) is 12.8. The van der Waals surface area contributed by atoms with Crippen LogP contribution in [0, 0.1) is 5.92 Å². The molecule has 0 aliphatic carbocycles. The van der Waals surface area contributed by atoms with Gasteiger partial charge in [0.2, 0.25) is 5.91 Å². The largest absolute Gasteiger partial charge is 0.496 e. The average Bonchev–Trinajstić information content (AvgIpc) is 2.61. The molecular weight excluding hydrogens is 348 g/mol. The highest BCUT2D eigenvalue weighted by Crippen LogP contribution is 2.29. The molecule has 2 unspecified atom stereocenters. The van der Waals surface area contributed by atoms with Crippen molar-refractivity contribution >= 4 is 18.3 Å². The average molecular weight is 377 g/mol. The van der Waals surface area contributed by atoms with Gasteiger partial charge in [-0.25, -0.2) is 0 Å². The fourth-order valence-corrected chi connectivity index (χ4v) is 2.96. The Morgan fingerprint density at radius 3 is 2.31 bits per heavy atom. The summed E-state index contributed by atoms with van der Waals surface area (Å²) in [6.45, 7) is 4.29. The summed E-state index contributed by atoms with van der Waals surface area (Å²) in [4.78, 5) is 12.6. The fourth-order valence-electron chi connectivity index (χ4n) is 2.96. The van der Waals surface area contributed by atoms with Crippen LogP contribution < -0.4 is 15.8 Å². The molecule has 0 radical (unpaired) electrons. The van der Waals surface area contributed by atoms with E-state index in [4.69, 9.17) is 10.5 Å². The van der Waals surface area contributed by atoms with Gasteiger partial charge in [0.15, 0.2) is 0 Å². The second-order valence-corrected chi connectivity index (χ2v) is 6.71. The van der Waals surface area contributed by atoms with Crippen molar-refractivity contribution in [2.24, 2.45) is 11.7 Å². The van der Waals surface area contributed by atoms with Crippen molar-refractivity contribution in [3.8, 4) is 5.75 Å². The Hall–Kier alpha value is -2.04. The summed E-state index contributed by atoms with van der Waals surface area (Å²) in [7, 11) is 1.65. The van der Waals surface area contributed by atoms with E-state index in [0.717, 1.165) is 23.3 Å². The predicted octanol–water partition coefficient (Wildman–Crippen LogP) is 4.41. The molecule has 0 bridgehead atoms. The van der Waals surface area contributed by atoms with Crippen molar-refractivity contribution in [2.45, 2.75) is 38.8 Å². The number of methoxy groups -OCH3 is 1. The van der Waals surface area contributed by atoms with Crippen molar-refractivity contribution < 1.29 is 9.53 Å². The second-order valence-electron chi connectivity index (χ2n) is 6.71. The maximum Gasteiger partial charge on any atom is 0.222 e. The maximum atomic E-state index is 12.6. The van der Waals surface area contributed by atoms with Crippen LogP contribution in [0.1, 0.15) is 49.9 Å². The van der Waals surface area contributed by atoms with Gasteiger partial charge < -0.3 is 15.8 Å². The maximum absolute atomic E-state index is 12.6. The topological polar surface area (TPSA) is 64.3 Å². The summed E-state index contributed by atoms with van der Waals surface area (Å²) in [5.41, 5.74) is 8.15. The summed E-state index contributed by atoms with van der Waals surface area (Å²) < 4.78 is 5.46. The predicted molar refractivity (Wildman–Crippen MR) is 109 cm³/mol. The molecule has 2 aromatic carbocycles. The molecule has 0 saturated carbocycles. The molecule has 2 aromatic rings. The van der Waals surface area contributed by atoms with Crippen molar-refractivity contribution in [2.75, 3.05) is 7.11 Å². The lowest BCUT2D eigenvalue weighted by molar-refractivity contribution is -0.122. The number of nitrogens with two attached hydrogens (primary N) is 1. The molecule has 0 saturated heterocycles. The summed E-state index contributed by atoms with van der Waals surface area (Å²) >= 11 is 0. The Kier molecular flexibility index (Phi) is 9.17. The Labute approximate surface area is 162 Å². The number of carbonyl (C=O) groups excluding carboxylic acids is 1. The van der Waals surface area contributed by atoms with Crippen molar-refractivity contribution in [1.29, 1.82) is 0 Å². The molecule has 26 heavy (non-hydrogen) atoms. The van der Waals surface area contributed by atoms with Gasteiger partial charge in [-0.3, -0.25) is 4.79 Å². The number of carbonyl (C=O) groups is 1. The highest BCUT2D eigenvalue weighted by Gasteiger charge is 2.21. The number of hydrogen-bond acceptors (Lipinski definition) is 3. The van der Waals surface area contributed by atoms with E-state index < -0.39 is 0 Å². The zero-order valence-electron chi connectivity index (χ0n) is 15.6. The zero-order valence-corrected chi connectivity index (χ0v) is 16.5. The van der Waals surface area contributed by atoms with E-state index in [0.29, 0.717) is 5.92 Å². The highest BCUT2D eigenvalue weighted by molar-refractivity contribution is 5.85. The Balaban J connectivity index is 0.00000338. The lowest BCUT2D eigenvalue weighted by atomic mass is 9.95. The number of amides is 1. The standard InChI is InChI=1S/C21H28N2O2.ClH/c1-15(2)13-19(17-11-7-8-12-20(17)25-3)23-21(24)14-18(22)16-9-5-4-6-10-16;/h4-12,15,18-19H,13-14,22H2,1-3H3,(H,23,24);1H. The molecule has 1 amide bonds. The number of hydrogen-bond donors (Lipinski definition) is 2. The minimum absolute atomic E-state index is 0. The zero-order chi connectivity index (χ0) is 18.2. The van der Waals surface area contributed by atoms with Crippen LogP contribution in [0.2, 0.25) is 0 Å². The molecule has 142 valence electrons. The third kappa shape index (κ3) is 6.36. The van der Waals surface area contributed by atoms with Gasteiger partial charge in [0, 0.05) is 18.0 Å². The van der Waals surface area contributed by atoms with E-state index in [1.54, 1.807) is 7.11 Å². The van der Waals surface area contributed by atoms with Gasteiger partial charge in [-0.1, -0.05) is 62.4 Å². The molecule has 5 heteroatoms. The molecule has 0 aromatic heterocycles. The van der Waals surface area contributed by atoms with Crippen LogP contribution in [-0.2, 0) is 4.79 Å². The molecule has 0 aliphatic heterocycles. The van der Waals surface area contributed by atoms with Gasteiger partial charge in [0.05, 0.1) is 13.2 Å². The van der Waals surface area contributed by atoms with Crippen LogP contribution in [0.25, 0.3) is 0 Å². The number of rotatable bonds is 8. The SMILES string of the molecule is COc1ccccc1C(CC(C)C)NC(=O)CC(N)c1ccccc1.Cl. The monoisotopic (exact) mass is 376 g/mol. The molecule has 4 nitrogen and oxygen atoms in total. The molecule has 2 rings (SSSR count). The van der Waals surface area contributed by atoms with Crippen molar-refractivity contribution in [3.63, 3.8) is 0 Å². The van der Waals surface area contributed by atoms with Crippen LogP contribution in [0.15, 0.2) is 54.6 Å². The first-order valence-corrected chi connectivity index (χ1v) is 8.74. The Morgan fingerprint density at radius 2 is 1.69 bits per heavy atom. The van der Waals surface area contributed by atoms with Crippen molar-refractivity contribution in [3.05, 3.63) is 65.7 Å².